The minimum atomic E-state index is -3.50. The van der Waals surface area contributed by atoms with Crippen molar-refractivity contribution in [2.45, 2.75) is 18.7 Å². The van der Waals surface area contributed by atoms with Gasteiger partial charge in [-0.15, -0.1) is 0 Å². The summed E-state index contributed by atoms with van der Waals surface area (Å²) in [6, 6.07) is 14.5. The van der Waals surface area contributed by atoms with Crippen LogP contribution in [0.3, 0.4) is 0 Å². The second kappa shape index (κ2) is 8.10. The summed E-state index contributed by atoms with van der Waals surface area (Å²) in [6.07, 6.45) is 0. The third kappa shape index (κ3) is 4.48. The second-order valence-electron chi connectivity index (χ2n) is 6.77. The van der Waals surface area contributed by atoms with Gasteiger partial charge in [-0.2, -0.15) is 4.31 Å². The molecule has 1 aliphatic rings. The van der Waals surface area contributed by atoms with Crippen LogP contribution in [-0.2, 0) is 14.8 Å². The topological polar surface area (TPSA) is 69.7 Å². The maximum Gasteiger partial charge on any atom is 0.243 e. The average Bonchev–Trinajstić information content (AvgIpc) is 2.68. The Hall–Kier alpha value is -2.38. The number of aryl methyl sites for hydroxylation is 2. The molecule has 0 aliphatic carbocycles. The summed E-state index contributed by atoms with van der Waals surface area (Å²) in [5.74, 6) is -0.0215. The highest BCUT2D eigenvalue weighted by Crippen LogP contribution is 2.18. The van der Waals surface area contributed by atoms with Crippen LogP contribution in [0.15, 0.2) is 53.4 Å². The van der Waals surface area contributed by atoms with Crippen LogP contribution in [0.5, 0.6) is 0 Å². The summed E-state index contributed by atoms with van der Waals surface area (Å²) in [5, 5.41) is 3.18. The zero-order chi connectivity index (χ0) is 19.4. The number of sulfonamides is 1. The molecular formula is C20H25N3O3S. The first kappa shape index (κ1) is 19.4. The van der Waals surface area contributed by atoms with Crippen molar-refractivity contribution in [1.29, 1.82) is 0 Å². The van der Waals surface area contributed by atoms with E-state index in [2.05, 4.69) is 11.4 Å². The van der Waals surface area contributed by atoms with E-state index in [-0.39, 0.29) is 12.5 Å². The molecule has 6 nitrogen and oxygen atoms in total. The molecule has 0 bridgehead atoms. The maximum atomic E-state index is 12.6. The molecule has 0 radical (unpaired) electrons. The summed E-state index contributed by atoms with van der Waals surface area (Å²) in [6.45, 7) is 5.67. The van der Waals surface area contributed by atoms with Crippen molar-refractivity contribution in [2.75, 3.05) is 38.0 Å². The molecule has 0 unspecified atom stereocenters. The molecule has 1 fully saturated rings. The fourth-order valence-corrected chi connectivity index (χ4v) is 4.66. The number of hydrogen-bond acceptors (Lipinski definition) is 4. The van der Waals surface area contributed by atoms with Crippen molar-refractivity contribution in [1.82, 2.24) is 9.21 Å². The van der Waals surface area contributed by atoms with Crippen LogP contribution in [0.2, 0.25) is 0 Å². The Morgan fingerprint density at radius 3 is 2.30 bits per heavy atom. The van der Waals surface area contributed by atoms with Gasteiger partial charge in [0.25, 0.3) is 0 Å². The van der Waals surface area contributed by atoms with Crippen LogP contribution in [0.4, 0.5) is 5.69 Å². The van der Waals surface area contributed by atoms with Crippen LogP contribution in [0.25, 0.3) is 0 Å². The summed E-state index contributed by atoms with van der Waals surface area (Å²) in [7, 11) is -3.50. The van der Waals surface area contributed by atoms with Gasteiger partial charge in [-0.1, -0.05) is 35.9 Å². The Morgan fingerprint density at radius 1 is 1.00 bits per heavy atom. The van der Waals surface area contributed by atoms with Gasteiger partial charge in [0.1, 0.15) is 0 Å². The third-order valence-electron chi connectivity index (χ3n) is 4.78. The van der Waals surface area contributed by atoms with Gasteiger partial charge in [-0.25, -0.2) is 8.42 Å². The van der Waals surface area contributed by atoms with E-state index in [9.17, 15) is 13.2 Å². The molecule has 1 heterocycles. The summed E-state index contributed by atoms with van der Waals surface area (Å²) in [4.78, 5) is 14.5. The van der Waals surface area contributed by atoms with E-state index in [0.717, 1.165) is 11.3 Å². The van der Waals surface area contributed by atoms with Gasteiger partial charge in [0.15, 0.2) is 0 Å². The molecule has 3 rings (SSSR count). The first-order valence-electron chi connectivity index (χ1n) is 9.02. The molecule has 1 aliphatic heterocycles. The van der Waals surface area contributed by atoms with Gasteiger partial charge in [0.05, 0.1) is 11.4 Å². The molecule has 2 aromatic rings. The maximum absolute atomic E-state index is 12.6. The number of benzene rings is 2. The lowest BCUT2D eigenvalue weighted by atomic mass is 10.1. The number of amides is 1. The van der Waals surface area contributed by atoms with Crippen LogP contribution in [-0.4, -0.2) is 56.3 Å². The number of carbonyl (C=O) groups is 1. The molecule has 27 heavy (non-hydrogen) atoms. The van der Waals surface area contributed by atoms with E-state index < -0.39 is 10.0 Å². The van der Waals surface area contributed by atoms with Crippen LogP contribution in [0.1, 0.15) is 11.1 Å². The Kier molecular flexibility index (Phi) is 5.82. The predicted octanol–water partition coefficient (Wildman–Crippen LogP) is 2.25. The summed E-state index contributed by atoms with van der Waals surface area (Å²) >= 11 is 0. The SMILES string of the molecule is Cc1ccc(NCC(=O)N2CCN(S(=O)(=O)c3ccccc3)CC2)c(C)c1. The van der Waals surface area contributed by atoms with Crippen molar-refractivity contribution >= 4 is 21.6 Å². The third-order valence-corrected chi connectivity index (χ3v) is 6.70. The average molecular weight is 388 g/mol. The Morgan fingerprint density at radius 2 is 1.67 bits per heavy atom. The molecule has 1 amide bonds. The number of piperazine rings is 1. The minimum Gasteiger partial charge on any atom is -0.376 e. The number of nitrogens with zero attached hydrogens (tertiary/aromatic N) is 2. The summed E-state index contributed by atoms with van der Waals surface area (Å²) in [5.41, 5.74) is 3.22. The van der Waals surface area contributed by atoms with Gasteiger partial charge in [0.2, 0.25) is 15.9 Å². The number of hydrogen-bond donors (Lipinski definition) is 1. The number of carbonyl (C=O) groups excluding carboxylic acids is 1. The predicted molar refractivity (Wildman–Crippen MR) is 106 cm³/mol. The van der Waals surface area contributed by atoms with Gasteiger partial charge in [-0.05, 0) is 37.6 Å². The number of nitrogens with one attached hydrogen (secondary N) is 1. The van der Waals surface area contributed by atoms with E-state index in [0.29, 0.717) is 31.1 Å². The highest BCUT2D eigenvalue weighted by atomic mass is 32.2. The standard InChI is InChI=1S/C20H25N3O3S/c1-16-8-9-19(17(2)14-16)21-15-20(24)22-10-12-23(13-11-22)27(25,26)18-6-4-3-5-7-18/h3-9,14,21H,10-13,15H2,1-2H3. The first-order valence-corrected chi connectivity index (χ1v) is 10.5. The lowest BCUT2D eigenvalue weighted by molar-refractivity contribution is -0.130. The smallest absolute Gasteiger partial charge is 0.243 e. The molecular weight excluding hydrogens is 362 g/mol. The number of rotatable bonds is 5. The molecule has 0 saturated carbocycles. The van der Waals surface area contributed by atoms with Crippen LogP contribution >= 0.6 is 0 Å². The van der Waals surface area contributed by atoms with Gasteiger partial charge < -0.3 is 10.2 Å². The molecule has 0 spiro atoms. The van der Waals surface area contributed by atoms with Gasteiger partial charge in [0, 0.05) is 31.9 Å². The van der Waals surface area contributed by atoms with Gasteiger partial charge in [-0.3, -0.25) is 4.79 Å². The van der Waals surface area contributed by atoms with E-state index in [1.54, 1.807) is 35.2 Å². The lowest BCUT2D eigenvalue weighted by Crippen LogP contribution is -2.51. The Balaban J connectivity index is 1.55. The van der Waals surface area contributed by atoms with E-state index in [1.165, 1.54) is 9.87 Å². The normalized spacial score (nSPS) is 15.6. The van der Waals surface area contributed by atoms with Gasteiger partial charge >= 0.3 is 0 Å². The molecule has 0 atom stereocenters. The fourth-order valence-electron chi connectivity index (χ4n) is 3.21. The van der Waals surface area contributed by atoms with E-state index in [4.69, 9.17) is 0 Å². The molecule has 2 aromatic carbocycles. The summed E-state index contributed by atoms with van der Waals surface area (Å²) < 4.78 is 26.7. The number of anilines is 1. The lowest BCUT2D eigenvalue weighted by Gasteiger charge is -2.34. The Labute approximate surface area is 160 Å². The zero-order valence-electron chi connectivity index (χ0n) is 15.7. The van der Waals surface area contributed by atoms with Crippen molar-refractivity contribution in [2.24, 2.45) is 0 Å². The molecule has 144 valence electrons. The molecule has 1 N–H and O–H groups in total. The van der Waals surface area contributed by atoms with Crippen molar-refractivity contribution in [3.8, 4) is 0 Å². The van der Waals surface area contributed by atoms with Crippen LogP contribution < -0.4 is 5.32 Å². The largest absolute Gasteiger partial charge is 0.376 e. The second-order valence-corrected chi connectivity index (χ2v) is 8.71. The monoisotopic (exact) mass is 387 g/mol. The Bertz CT molecular complexity index is 905. The zero-order valence-corrected chi connectivity index (χ0v) is 16.5. The first-order chi connectivity index (χ1) is 12.9. The quantitative estimate of drug-likeness (QED) is 0.854. The van der Waals surface area contributed by atoms with Crippen molar-refractivity contribution < 1.29 is 13.2 Å². The molecule has 1 saturated heterocycles. The van der Waals surface area contributed by atoms with Crippen molar-refractivity contribution in [3.63, 3.8) is 0 Å². The molecule has 0 aromatic heterocycles. The van der Waals surface area contributed by atoms with Crippen molar-refractivity contribution in [3.05, 3.63) is 59.7 Å². The molecule has 7 heteroatoms. The minimum absolute atomic E-state index is 0.0215. The highest BCUT2D eigenvalue weighted by Gasteiger charge is 2.29. The van der Waals surface area contributed by atoms with Crippen LogP contribution in [0, 0.1) is 13.8 Å². The highest BCUT2D eigenvalue weighted by molar-refractivity contribution is 7.89. The van der Waals surface area contributed by atoms with E-state index in [1.807, 2.05) is 26.0 Å². The fraction of sp³-hybridized carbons (Fsp3) is 0.350. The van der Waals surface area contributed by atoms with E-state index >= 15 is 0 Å².